The van der Waals surface area contributed by atoms with Crippen LogP contribution in [0.15, 0.2) is 91.0 Å². The van der Waals surface area contributed by atoms with Crippen LogP contribution in [-0.2, 0) is 38.9 Å². The van der Waals surface area contributed by atoms with E-state index in [-0.39, 0.29) is 19.1 Å². The predicted octanol–water partition coefficient (Wildman–Crippen LogP) is 4.38. The Morgan fingerprint density at radius 2 is 1.24 bits per heavy atom. The summed E-state index contributed by atoms with van der Waals surface area (Å²) in [6, 6.07) is 29.3. The van der Waals surface area contributed by atoms with Gasteiger partial charge in [-0.1, -0.05) is 97.9 Å². The van der Waals surface area contributed by atoms with Crippen LogP contribution in [0.25, 0.3) is 0 Å². The van der Waals surface area contributed by atoms with Crippen LogP contribution in [0, 0.1) is 5.92 Å². The van der Waals surface area contributed by atoms with Crippen LogP contribution in [0.1, 0.15) is 23.6 Å². The Bertz CT molecular complexity index is 939. The summed E-state index contributed by atoms with van der Waals surface area (Å²) in [5, 5.41) is 11.4. The van der Waals surface area contributed by atoms with E-state index in [0.717, 1.165) is 16.7 Å². The van der Waals surface area contributed by atoms with Crippen molar-refractivity contribution < 1.29 is 24.2 Å². The molecular formula is C28H33NO5. The van der Waals surface area contributed by atoms with E-state index in [1.54, 1.807) is 0 Å². The van der Waals surface area contributed by atoms with Crippen LogP contribution in [0.3, 0.4) is 0 Å². The maximum absolute atomic E-state index is 11.7. The molecule has 0 aliphatic carbocycles. The van der Waals surface area contributed by atoms with Crippen molar-refractivity contribution in [2.24, 2.45) is 5.92 Å². The molecule has 0 radical (unpaired) electrons. The van der Waals surface area contributed by atoms with Gasteiger partial charge in [0.2, 0.25) is 6.41 Å². The Morgan fingerprint density at radius 1 is 0.765 bits per heavy atom. The first-order chi connectivity index (χ1) is 16.7. The molecule has 180 valence electrons. The summed E-state index contributed by atoms with van der Waals surface area (Å²) in [4.78, 5) is 17.4. The lowest BCUT2D eigenvalue weighted by Crippen LogP contribution is -2.43. The van der Waals surface area contributed by atoms with E-state index in [4.69, 9.17) is 14.3 Å². The van der Waals surface area contributed by atoms with Gasteiger partial charge < -0.3 is 14.6 Å². The first kappa shape index (κ1) is 25.6. The van der Waals surface area contributed by atoms with Gasteiger partial charge in [0.05, 0.1) is 32.5 Å². The molecule has 0 saturated heterocycles. The number of hydroxylamine groups is 2. The zero-order valence-electron chi connectivity index (χ0n) is 19.5. The number of nitrogens with zero attached hydrogens (tertiary/aromatic N) is 1. The van der Waals surface area contributed by atoms with Gasteiger partial charge in [-0.25, -0.2) is 5.06 Å². The van der Waals surface area contributed by atoms with Crippen molar-refractivity contribution in [1.29, 1.82) is 0 Å². The Labute approximate surface area is 201 Å². The fourth-order valence-corrected chi connectivity index (χ4v) is 3.68. The summed E-state index contributed by atoms with van der Waals surface area (Å²) < 4.78 is 12.3. The maximum Gasteiger partial charge on any atom is 0.233 e. The van der Waals surface area contributed by atoms with E-state index < -0.39 is 12.2 Å². The van der Waals surface area contributed by atoms with Gasteiger partial charge >= 0.3 is 0 Å². The van der Waals surface area contributed by atoms with Crippen LogP contribution in [0.5, 0.6) is 0 Å². The first-order valence-corrected chi connectivity index (χ1v) is 11.5. The number of hydrogen-bond donors (Lipinski definition) is 1. The SMILES string of the molecule is CC(CN(C=O)OCc1ccccc1)C(OCc1ccccc1)C(CO)OCc1ccccc1. The lowest BCUT2D eigenvalue weighted by Gasteiger charge is -2.33. The molecule has 6 nitrogen and oxygen atoms in total. The third-order valence-electron chi connectivity index (χ3n) is 5.52. The highest BCUT2D eigenvalue weighted by atomic mass is 16.7. The molecule has 0 saturated carbocycles. The van der Waals surface area contributed by atoms with E-state index in [1.807, 2.05) is 97.9 Å². The van der Waals surface area contributed by atoms with E-state index in [2.05, 4.69) is 0 Å². The van der Waals surface area contributed by atoms with Gasteiger partial charge in [0.25, 0.3) is 0 Å². The minimum absolute atomic E-state index is 0.169. The van der Waals surface area contributed by atoms with Gasteiger partial charge in [0, 0.05) is 5.92 Å². The Balaban J connectivity index is 1.65. The summed E-state index contributed by atoms with van der Waals surface area (Å²) in [6.07, 6.45) is -0.356. The average Bonchev–Trinajstić information content (AvgIpc) is 2.90. The third-order valence-corrected chi connectivity index (χ3v) is 5.52. The van der Waals surface area contributed by atoms with Crippen molar-refractivity contribution in [2.75, 3.05) is 13.2 Å². The van der Waals surface area contributed by atoms with E-state index in [0.29, 0.717) is 26.2 Å². The molecule has 3 atom stereocenters. The molecule has 3 rings (SSSR count). The fraction of sp³-hybridized carbons (Fsp3) is 0.321. The van der Waals surface area contributed by atoms with Crippen LogP contribution >= 0.6 is 0 Å². The number of amides is 1. The smallest absolute Gasteiger partial charge is 0.233 e. The Hall–Kier alpha value is -3.03. The summed E-state index contributed by atoms with van der Waals surface area (Å²) >= 11 is 0. The van der Waals surface area contributed by atoms with E-state index in [9.17, 15) is 9.90 Å². The summed E-state index contributed by atoms with van der Waals surface area (Å²) in [5.41, 5.74) is 3.00. The van der Waals surface area contributed by atoms with Gasteiger partial charge in [-0.2, -0.15) is 0 Å². The molecule has 0 fully saturated rings. The second kappa shape index (κ2) is 14.3. The lowest BCUT2D eigenvalue weighted by molar-refractivity contribution is -0.191. The van der Waals surface area contributed by atoms with Gasteiger partial charge in [-0.05, 0) is 16.7 Å². The first-order valence-electron chi connectivity index (χ1n) is 11.5. The molecule has 3 unspecified atom stereocenters. The summed E-state index contributed by atoms with van der Waals surface area (Å²) in [6.45, 7) is 3.06. The average molecular weight is 464 g/mol. The topological polar surface area (TPSA) is 68.2 Å². The Kier molecular flexibility index (Phi) is 10.7. The number of aliphatic hydroxyl groups excluding tert-OH is 1. The largest absolute Gasteiger partial charge is 0.394 e. The van der Waals surface area contributed by atoms with Crippen LogP contribution < -0.4 is 0 Å². The lowest BCUT2D eigenvalue weighted by atomic mass is 9.99. The molecule has 34 heavy (non-hydrogen) atoms. The highest BCUT2D eigenvalue weighted by Crippen LogP contribution is 2.20. The highest BCUT2D eigenvalue weighted by molar-refractivity contribution is 5.45. The monoisotopic (exact) mass is 463 g/mol. The van der Waals surface area contributed by atoms with Gasteiger partial charge in [0.15, 0.2) is 0 Å². The zero-order valence-corrected chi connectivity index (χ0v) is 19.5. The molecule has 0 aliphatic rings. The van der Waals surface area contributed by atoms with Crippen molar-refractivity contribution in [2.45, 2.75) is 39.0 Å². The van der Waals surface area contributed by atoms with Crippen molar-refractivity contribution in [1.82, 2.24) is 5.06 Å². The number of aliphatic hydroxyl groups is 1. The molecule has 0 aliphatic heterocycles. The van der Waals surface area contributed by atoms with Gasteiger partial charge in [-0.15, -0.1) is 0 Å². The van der Waals surface area contributed by atoms with Crippen LogP contribution in [0.4, 0.5) is 0 Å². The molecule has 0 spiro atoms. The molecular weight excluding hydrogens is 430 g/mol. The Morgan fingerprint density at radius 3 is 1.71 bits per heavy atom. The number of ether oxygens (including phenoxy) is 2. The molecule has 0 aromatic heterocycles. The number of benzene rings is 3. The number of hydrogen-bond acceptors (Lipinski definition) is 5. The molecule has 1 N–H and O–H groups in total. The van der Waals surface area contributed by atoms with Crippen molar-refractivity contribution in [3.63, 3.8) is 0 Å². The van der Waals surface area contributed by atoms with Crippen LogP contribution in [0.2, 0.25) is 0 Å². The van der Waals surface area contributed by atoms with Gasteiger partial charge in [0.1, 0.15) is 12.7 Å². The number of carbonyl (C=O) groups excluding carboxylic acids is 1. The van der Waals surface area contributed by atoms with E-state index in [1.165, 1.54) is 5.06 Å². The minimum Gasteiger partial charge on any atom is -0.394 e. The quantitative estimate of drug-likeness (QED) is 0.268. The van der Waals surface area contributed by atoms with Gasteiger partial charge in [-0.3, -0.25) is 9.63 Å². The zero-order chi connectivity index (χ0) is 24.0. The van der Waals surface area contributed by atoms with Crippen molar-refractivity contribution >= 4 is 6.41 Å². The summed E-state index contributed by atoms with van der Waals surface area (Å²) in [5.74, 6) is -0.169. The summed E-state index contributed by atoms with van der Waals surface area (Å²) in [7, 11) is 0. The second-order valence-corrected chi connectivity index (χ2v) is 8.22. The molecule has 0 heterocycles. The molecule has 0 bridgehead atoms. The highest BCUT2D eigenvalue weighted by Gasteiger charge is 2.30. The molecule has 6 heteroatoms. The standard InChI is InChI=1S/C28H33NO5/c1-23(17-29(22-31)34-21-26-15-9-4-10-16-26)28(33-20-25-13-7-3-8-14-25)27(18-30)32-19-24-11-5-2-6-12-24/h2-16,22-23,27-28,30H,17-21H2,1H3. The predicted molar refractivity (Wildman–Crippen MR) is 130 cm³/mol. The maximum atomic E-state index is 11.7. The molecule has 3 aromatic rings. The normalized spacial score (nSPS) is 13.7. The second-order valence-electron chi connectivity index (χ2n) is 8.22. The molecule has 3 aromatic carbocycles. The van der Waals surface area contributed by atoms with Crippen molar-refractivity contribution in [3.8, 4) is 0 Å². The fourth-order valence-electron chi connectivity index (χ4n) is 3.68. The number of rotatable bonds is 15. The van der Waals surface area contributed by atoms with Crippen molar-refractivity contribution in [3.05, 3.63) is 108 Å². The van der Waals surface area contributed by atoms with E-state index >= 15 is 0 Å². The minimum atomic E-state index is -0.568. The van der Waals surface area contributed by atoms with Crippen LogP contribution in [-0.4, -0.2) is 41.9 Å². The third kappa shape index (κ3) is 8.39. The molecule has 1 amide bonds. The number of carbonyl (C=O) groups is 1.